The van der Waals surface area contributed by atoms with Gasteiger partial charge in [-0.2, -0.15) is 0 Å². The lowest BCUT2D eigenvalue weighted by Crippen LogP contribution is -2.19. The Morgan fingerprint density at radius 2 is 2.06 bits per heavy atom. The van der Waals surface area contributed by atoms with Crippen LogP contribution >= 0.6 is 0 Å². The van der Waals surface area contributed by atoms with Crippen molar-refractivity contribution in [2.75, 3.05) is 0 Å². The molecule has 4 heteroatoms. The molecule has 1 aromatic rings. The molecule has 0 bridgehead atoms. The third kappa shape index (κ3) is 4.53. The van der Waals surface area contributed by atoms with Crippen LogP contribution in [0.5, 0.6) is 0 Å². The molecule has 0 atom stereocenters. The number of aliphatic hydroxyl groups is 1. The molecule has 0 radical (unpaired) electrons. The Hall–Kier alpha value is -1.29. The highest BCUT2D eigenvalue weighted by molar-refractivity contribution is 6.76. The molecule has 0 aromatic carbocycles. The molecule has 0 aliphatic carbocycles. The predicted octanol–water partition coefficient (Wildman–Crippen LogP) is 4.26. The maximum atomic E-state index is 11.6. The molecule has 0 aliphatic rings. The zero-order chi connectivity index (χ0) is 13.8. The van der Waals surface area contributed by atoms with Gasteiger partial charge >= 0.3 is 0 Å². The maximum Gasteiger partial charge on any atom is 0.168 e. The Morgan fingerprint density at radius 1 is 1.39 bits per heavy atom. The highest BCUT2D eigenvalue weighted by Gasteiger charge is 2.17. The molecule has 0 spiro atoms. The van der Waals surface area contributed by atoms with Gasteiger partial charge in [-0.15, -0.1) is 0 Å². The molecule has 0 unspecified atom stereocenters. The minimum absolute atomic E-state index is 0.0110. The number of rotatable bonds is 6. The van der Waals surface area contributed by atoms with Gasteiger partial charge in [-0.3, -0.25) is 4.79 Å². The first-order valence-electron chi connectivity index (χ1n) is 6.28. The summed E-state index contributed by atoms with van der Waals surface area (Å²) < 4.78 is 5.12. The lowest BCUT2D eigenvalue weighted by atomic mass is 10.0. The minimum Gasteiger partial charge on any atom is -0.504 e. The van der Waals surface area contributed by atoms with E-state index in [4.69, 9.17) is 4.42 Å². The third-order valence-electron chi connectivity index (χ3n) is 2.82. The van der Waals surface area contributed by atoms with E-state index in [9.17, 15) is 9.90 Å². The lowest BCUT2D eigenvalue weighted by Gasteiger charge is -2.15. The normalized spacial score (nSPS) is 13.3. The van der Waals surface area contributed by atoms with Gasteiger partial charge in [-0.05, 0) is 25.5 Å². The fraction of sp³-hybridized carbons (Fsp3) is 0.500. The molecule has 18 heavy (non-hydrogen) atoms. The van der Waals surface area contributed by atoms with Crippen LogP contribution < -0.4 is 0 Å². The van der Waals surface area contributed by atoms with Gasteiger partial charge in [0.15, 0.2) is 17.3 Å². The summed E-state index contributed by atoms with van der Waals surface area (Å²) in [5.74, 6) is 0.274. The summed E-state index contributed by atoms with van der Waals surface area (Å²) in [6, 6.07) is 4.51. The van der Waals surface area contributed by atoms with E-state index < -0.39 is 8.07 Å². The molecule has 0 fully saturated rings. The molecule has 1 rings (SSSR count). The number of furan rings is 1. The zero-order valence-corrected chi connectivity index (χ0v) is 12.6. The number of carbonyl (C=O) groups is 1. The number of carbonyl (C=O) groups excluding carboxylic acids is 1. The minimum atomic E-state index is -1.10. The molecule has 1 heterocycles. The van der Waals surface area contributed by atoms with Crippen LogP contribution in [0.4, 0.5) is 0 Å². The molecule has 100 valence electrons. The average molecular weight is 266 g/mol. The molecule has 1 N–H and O–H groups in total. The number of hydrogen-bond donors (Lipinski definition) is 1. The lowest BCUT2D eigenvalue weighted by molar-refractivity contribution is -0.113. The van der Waals surface area contributed by atoms with Crippen LogP contribution in [0.25, 0.3) is 5.76 Å². The van der Waals surface area contributed by atoms with Crippen molar-refractivity contribution in [3.63, 3.8) is 0 Å². The fourth-order valence-electron chi connectivity index (χ4n) is 1.82. The Labute approximate surface area is 110 Å². The SMILES string of the molecule is CC(=O)C(CCC[Si](C)(C)C)=C(O)c1ccco1. The van der Waals surface area contributed by atoms with Crippen LogP contribution in [0.2, 0.25) is 25.7 Å². The quantitative estimate of drug-likeness (QED) is 0.475. The van der Waals surface area contributed by atoms with E-state index in [0.717, 1.165) is 12.5 Å². The zero-order valence-electron chi connectivity index (χ0n) is 11.6. The molecule has 0 aliphatic heterocycles. The Morgan fingerprint density at radius 3 is 2.50 bits per heavy atom. The second-order valence-corrected chi connectivity index (χ2v) is 11.4. The van der Waals surface area contributed by atoms with Crippen LogP contribution in [0.3, 0.4) is 0 Å². The summed E-state index contributed by atoms with van der Waals surface area (Å²) in [6.45, 7) is 8.40. The van der Waals surface area contributed by atoms with Crippen LogP contribution in [-0.2, 0) is 4.79 Å². The van der Waals surface area contributed by atoms with Crippen LogP contribution in [0.1, 0.15) is 25.5 Å². The van der Waals surface area contributed by atoms with Gasteiger partial charge in [-0.1, -0.05) is 32.1 Å². The topological polar surface area (TPSA) is 50.4 Å². The van der Waals surface area contributed by atoms with Crippen LogP contribution in [0, 0.1) is 0 Å². The van der Waals surface area contributed by atoms with E-state index in [-0.39, 0.29) is 11.5 Å². The first-order chi connectivity index (χ1) is 8.31. The van der Waals surface area contributed by atoms with Crippen molar-refractivity contribution >= 4 is 19.6 Å². The van der Waals surface area contributed by atoms with Gasteiger partial charge in [0, 0.05) is 13.6 Å². The summed E-state index contributed by atoms with van der Waals surface area (Å²) in [7, 11) is -1.10. The molecule has 0 saturated heterocycles. The summed E-state index contributed by atoms with van der Waals surface area (Å²) in [5.41, 5.74) is 0.475. The van der Waals surface area contributed by atoms with E-state index in [1.165, 1.54) is 13.2 Å². The van der Waals surface area contributed by atoms with Crippen molar-refractivity contribution in [2.45, 2.75) is 45.5 Å². The average Bonchev–Trinajstić information content (AvgIpc) is 2.74. The Kier molecular flexibility index (Phi) is 4.96. The van der Waals surface area contributed by atoms with E-state index in [1.807, 2.05) is 0 Å². The highest BCUT2D eigenvalue weighted by atomic mass is 28.3. The molecule has 1 aromatic heterocycles. The molecule has 3 nitrogen and oxygen atoms in total. The first kappa shape index (κ1) is 14.8. The summed E-state index contributed by atoms with van der Waals surface area (Å²) in [5, 5.41) is 10.0. The van der Waals surface area contributed by atoms with Crippen molar-refractivity contribution in [2.24, 2.45) is 0 Å². The molecule has 0 saturated carbocycles. The van der Waals surface area contributed by atoms with Gasteiger partial charge in [0.2, 0.25) is 0 Å². The second-order valence-electron chi connectivity index (χ2n) is 5.77. The van der Waals surface area contributed by atoms with E-state index in [2.05, 4.69) is 19.6 Å². The summed E-state index contributed by atoms with van der Waals surface area (Å²) in [6.07, 6.45) is 3.05. The number of hydrogen-bond acceptors (Lipinski definition) is 3. The van der Waals surface area contributed by atoms with Gasteiger partial charge in [-0.25, -0.2) is 0 Å². The predicted molar refractivity (Wildman–Crippen MR) is 76.3 cm³/mol. The monoisotopic (exact) mass is 266 g/mol. The molecular formula is C14H22O3Si. The van der Waals surface area contributed by atoms with Crippen LogP contribution in [0.15, 0.2) is 28.4 Å². The van der Waals surface area contributed by atoms with Gasteiger partial charge in [0.05, 0.1) is 6.26 Å². The summed E-state index contributed by atoms with van der Waals surface area (Å²) in [4.78, 5) is 11.6. The van der Waals surface area contributed by atoms with Crippen molar-refractivity contribution < 1.29 is 14.3 Å². The van der Waals surface area contributed by atoms with Crippen molar-refractivity contribution in [3.8, 4) is 0 Å². The number of aliphatic hydroxyl groups excluding tert-OH is 1. The van der Waals surface area contributed by atoms with E-state index >= 15 is 0 Å². The standard InChI is InChI=1S/C14H22O3Si/c1-11(15)12(7-6-10-18(2,3)4)14(16)13-8-5-9-17-13/h5,8-9,16H,6-7,10H2,1-4H3. The van der Waals surface area contributed by atoms with Crippen molar-refractivity contribution in [1.29, 1.82) is 0 Å². The number of allylic oxidation sites excluding steroid dienone is 1. The van der Waals surface area contributed by atoms with Gasteiger partial charge in [0.25, 0.3) is 0 Å². The number of Topliss-reactive ketones (excluding diaryl/α,β-unsaturated/α-hetero) is 1. The van der Waals surface area contributed by atoms with Gasteiger partial charge in [0.1, 0.15) is 0 Å². The van der Waals surface area contributed by atoms with Crippen LogP contribution in [-0.4, -0.2) is 19.0 Å². The van der Waals surface area contributed by atoms with Crippen molar-refractivity contribution in [1.82, 2.24) is 0 Å². The maximum absolute atomic E-state index is 11.6. The van der Waals surface area contributed by atoms with Gasteiger partial charge < -0.3 is 9.52 Å². The first-order valence-corrected chi connectivity index (χ1v) is 9.99. The molecular weight excluding hydrogens is 244 g/mol. The largest absolute Gasteiger partial charge is 0.504 e. The Bertz CT molecular complexity index is 424. The number of ketones is 1. The third-order valence-corrected chi connectivity index (χ3v) is 4.67. The summed E-state index contributed by atoms with van der Waals surface area (Å²) >= 11 is 0. The molecule has 0 amide bonds. The smallest absolute Gasteiger partial charge is 0.168 e. The van der Waals surface area contributed by atoms with Crippen molar-refractivity contribution in [3.05, 3.63) is 29.7 Å². The van der Waals surface area contributed by atoms with E-state index in [0.29, 0.717) is 17.8 Å². The Balaban J connectivity index is 2.78. The highest BCUT2D eigenvalue weighted by Crippen LogP contribution is 2.23. The second kappa shape index (κ2) is 6.04. The fourth-order valence-corrected chi connectivity index (χ4v) is 3.06. The van der Waals surface area contributed by atoms with E-state index in [1.54, 1.807) is 12.1 Å².